The minimum Gasteiger partial charge on any atom is -0.122 e. The maximum Gasteiger partial charge on any atom is 0.103 e. The van der Waals surface area contributed by atoms with Crippen LogP contribution in [0.1, 0.15) is 5.56 Å². The lowest BCUT2D eigenvalue weighted by atomic mass is 10.2. The molecule has 66 valence electrons. The number of thiol groups is 2. The van der Waals surface area contributed by atoms with E-state index in [-0.39, 0.29) is 0 Å². The third kappa shape index (κ3) is 4.83. The van der Waals surface area contributed by atoms with Gasteiger partial charge in [0.15, 0.2) is 0 Å². The van der Waals surface area contributed by atoms with Gasteiger partial charge in [0.05, 0.1) is 0 Å². The highest BCUT2D eigenvalue weighted by molar-refractivity contribution is 9.17. The molecule has 0 heterocycles. The van der Waals surface area contributed by atoms with Gasteiger partial charge in [-0.05, 0) is 5.56 Å². The van der Waals surface area contributed by atoms with Gasteiger partial charge in [0.25, 0.3) is 0 Å². The van der Waals surface area contributed by atoms with Gasteiger partial charge in [-0.3, -0.25) is 0 Å². The molecular formula is C7H9PS4. The molecule has 0 saturated carbocycles. The molecule has 0 aliphatic carbocycles. The quantitative estimate of drug-likeness (QED) is 0.616. The van der Waals surface area contributed by atoms with E-state index in [0.717, 1.165) is 5.75 Å². The number of hydrogen-bond donors (Lipinski definition) is 2. The first-order valence-corrected chi connectivity index (χ1v) is 10.0. The molecule has 0 fully saturated rings. The van der Waals surface area contributed by atoms with E-state index in [1.165, 1.54) is 5.56 Å². The summed E-state index contributed by atoms with van der Waals surface area (Å²) < 4.78 is -1.69. The van der Waals surface area contributed by atoms with Crippen LogP contribution in [-0.2, 0) is 17.6 Å². The SMILES string of the molecule is S=P(S)(S)SCc1ccccc1. The lowest BCUT2D eigenvalue weighted by Gasteiger charge is -2.06. The predicted molar refractivity (Wildman–Crippen MR) is 70.0 cm³/mol. The Balaban J connectivity index is 2.50. The van der Waals surface area contributed by atoms with Gasteiger partial charge in [0, 0.05) is 5.75 Å². The molecule has 0 aliphatic heterocycles. The fourth-order valence-electron chi connectivity index (χ4n) is 0.733. The molecule has 0 radical (unpaired) electrons. The number of hydrogen-bond acceptors (Lipinski definition) is 2. The minimum atomic E-state index is -1.69. The second-order valence-corrected chi connectivity index (χ2v) is 16.3. The van der Waals surface area contributed by atoms with E-state index in [9.17, 15) is 0 Å². The van der Waals surface area contributed by atoms with Crippen LogP contribution in [0.2, 0.25) is 0 Å². The summed E-state index contributed by atoms with van der Waals surface area (Å²) in [5.74, 6) is 0.908. The molecule has 0 unspecified atom stereocenters. The first-order valence-electron chi connectivity index (χ1n) is 3.32. The van der Waals surface area contributed by atoms with Crippen molar-refractivity contribution in [2.75, 3.05) is 0 Å². The Morgan fingerprint density at radius 3 is 2.33 bits per heavy atom. The second-order valence-electron chi connectivity index (χ2n) is 2.25. The van der Waals surface area contributed by atoms with Crippen LogP contribution in [0, 0.1) is 0 Å². The van der Waals surface area contributed by atoms with Gasteiger partial charge >= 0.3 is 0 Å². The van der Waals surface area contributed by atoms with Crippen LogP contribution in [0.5, 0.6) is 0 Å². The van der Waals surface area contributed by atoms with E-state index in [1.54, 1.807) is 11.4 Å². The number of benzene rings is 1. The first-order chi connectivity index (χ1) is 5.58. The topological polar surface area (TPSA) is 0 Å². The molecule has 1 aromatic rings. The molecular weight excluding hydrogens is 243 g/mol. The van der Waals surface area contributed by atoms with Crippen molar-refractivity contribution in [3.8, 4) is 0 Å². The van der Waals surface area contributed by atoms with Crippen molar-refractivity contribution in [2.24, 2.45) is 0 Å². The average molecular weight is 252 g/mol. The van der Waals surface area contributed by atoms with Crippen molar-refractivity contribution in [2.45, 2.75) is 5.75 Å². The largest absolute Gasteiger partial charge is 0.122 e. The van der Waals surface area contributed by atoms with E-state index in [2.05, 4.69) is 36.6 Å². The highest BCUT2D eigenvalue weighted by atomic mass is 33.5. The smallest absolute Gasteiger partial charge is 0.103 e. The van der Waals surface area contributed by atoms with Crippen molar-refractivity contribution in [1.29, 1.82) is 0 Å². The number of rotatable bonds is 3. The van der Waals surface area contributed by atoms with Crippen LogP contribution in [-0.4, -0.2) is 0 Å². The third-order valence-electron chi connectivity index (χ3n) is 1.24. The van der Waals surface area contributed by atoms with E-state index >= 15 is 0 Å². The summed E-state index contributed by atoms with van der Waals surface area (Å²) in [6.45, 7) is 0. The lowest BCUT2D eigenvalue weighted by molar-refractivity contribution is 1.43. The van der Waals surface area contributed by atoms with Crippen LogP contribution < -0.4 is 0 Å². The Labute approximate surface area is 92.6 Å². The summed E-state index contributed by atoms with van der Waals surface area (Å²) >= 11 is 15.2. The summed E-state index contributed by atoms with van der Waals surface area (Å²) in [6, 6.07) is 10.2. The van der Waals surface area contributed by atoms with E-state index < -0.39 is 3.64 Å². The van der Waals surface area contributed by atoms with Crippen LogP contribution in [0.15, 0.2) is 30.3 Å². The van der Waals surface area contributed by atoms with Crippen LogP contribution in [0.3, 0.4) is 0 Å². The summed E-state index contributed by atoms with van der Waals surface area (Å²) in [7, 11) is 0. The summed E-state index contributed by atoms with van der Waals surface area (Å²) in [5, 5.41) is 0. The first kappa shape index (κ1) is 11.0. The summed E-state index contributed by atoms with van der Waals surface area (Å²) in [4.78, 5) is 0. The molecule has 1 aromatic carbocycles. The molecule has 0 aromatic heterocycles. The van der Waals surface area contributed by atoms with Crippen molar-refractivity contribution in [3.05, 3.63) is 35.9 Å². The molecule has 0 bridgehead atoms. The van der Waals surface area contributed by atoms with Crippen molar-refractivity contribution in [3.63, 3.8) is 0 Å². The van der Waals surface area contributed by atoms with Crippen molar-refractivity contribution >= 4 is 51.3 Å². The van der Waals surface area contributed by atoms with Gasteiger partial charge in [-0.15, -0.1) is 24.5 Å². The van der Waals surface area contributed by atoms with Crippen molar-refractivity contribution < 1.29 is 0 Å². The third-order valence-corrected chi connectivity index (χ3v) is 6.46. The monoisotopic (exact) mass is 252 g/mol. The van der Waals surface area contributed by atoms with Gasteiger partial charge in [-0.1, -0.05) is 53.5 Å². The maximum atomic E-state index is 5.09. The maximum absolute atomic E-state index is 5.09. The van der Waals surface area contributed by atoms with Gasteiger partial charge in [-0.2, -0.15) is 0 Å². The van der Waals surface area contributed by atoms with Gasteiger partial charge < -0.3 is 0 Å². The van der Waals surface area contributed by atoms with Crippen LogP contribution in [0.4, 0.5) is 0 Å². The molecule has 0 atom stereocenters. The van der Waals surface area contributed by atoms with Gasteiger partial charge in [0.2, 0.25) is 0 Å². The Kier molecular flexibility index (Phi) is 4.55. The molecule has 0 saturated heterocycles. The normalized spacial score (nSPS) is 11.5. The average Bonchev–Trinajstić information content (AvgIpc) is 2.02. The van der Waals surface area contributed by atoms with Crippen LogP contribution >= 0.6 is 39.5 Å². The molecule has 12 heavy (non-hydrogen) atoms. The molecule has 0 aliphatic rings. The highest BCUT2D eigenvalue weighted by Crippen LogP contribution is 2.68. The summed E-state index contributed by atoms with van der Waals surface area (Å²) in [6.07, 6.45) is 0. The fraction of sp³-hybridized carbons (Fsp3) is 0.143. The van der Waals surface area contributed by atoms with Crippen LogP contribution in [0.25, 0.3) is 0 Å². The molecule has 0 N–H and O–H groups in total. The molecule has 0 nitrogen and oxygen atoms in total. The fourth-order valence-corrected chi connectivity index (χ4v) is 3.71. The highest BCUT2D eigenvalue weighted by Gasteiger charge is 2.04. The Morgan fingerprint density at radius 2 is 1.83 bits per heavy atom. The Bertz CT molecular complexity index is 279. The predicted octanol–water partition coefficient (Wildman–Crippen LogP) is 4.00. The Hall–Kier alpha value is 0.920. The zero-order valence-corrected chi connectivity index (χ0v) is 10.6. The molecule has 1 rings (SSSR count). The second kappa shape index (κ2) is 4.97. The standard InChI is InChI=1S/C7H9PS4/c9-8(10,11)12-6-7-4-2-1-3-5-7/h1-5H,6H2,(H2,9,10,11). The summed E-state index contributed by atoms with van der Waals surface area (Å²) in [5.41, 5.74) is 1.28. The van der Waals surface area contributed by atoms with Gasteiger partial charge in [-0.25, -0.2) is 0 Å². The molecule has 5 heteroatoms. The zero-order valence-electron chi connectivity index (χ0n) is 6.25. The van der Waals surface area contributed by atoms with E-state index in [1.807, 2.05) is 18.2 Å². The molecule has 0 amide bonds. The Morgan fingerprint density at radius 1 is 1.25 bits per heavy atom. The zero-order chi connectivity index (χ0) is 9.03. The van der Waals surface area contributed by atoms with Crippen molar-refractivity contribution in [1.82, 2.24) is 0 Å². The lowest BCUT2D eigenvalue weighted by Crippen LogP contribution is -1.75. The van der Waals surface area contributed by atoms with E-state index in [0.29, 0.717) is 0 Å². The van der Waals surface area contributed by atoms with E-state index in [4.69, 9.17) is 11.8 Å². The minimum absolute atomic E-state index is 0.908. The van der Waals surface area contributed by atoms with Gasteiger partial charge in [0.1, 0.15) is 3.64 Å². The molecule has 0 spiro atoms.